The van der Waals surface area contributed by atoms with Crippen LogP contribution in [0.3, 0.4) is 0 Å². The van der Waals surface area contributed by atoms with Crippen LogP contribution in [0.5, 0.6) is 0 Å². The Morgan fingerprint density at radius 2 is 1.81 bits per heavy atom. The molecular weight excluding hydrogens is 438 g/mol. The molecule has 0 aliphatic heterocycles. The minimum Gasteiger partial charge on any atom is -0.415 e. The first-order chi connectivity index (χ1) is 15.5. The molecule has 3 aromatic heterocycles. The highest BCUT2D eigenvalue weighted by atomic mass is 32.1. The topological polar surface area (TPSA) is 121 Å². The van der Waals surface area contributed by atoms with Crippen molar-refractivity contribution < 1.29 is 13.2 Å². The lowest BCUT2D eigenvalue weighted by Crippen LogP contribution is -2.03. The lowest BCUT2D eigenvalue weighted by molar-refractivity contribution is 0.116. The molecule has 0 saturated carbocycles. The number of alkyl halides is 2. The zero-order valence-electron chi connectivity index (χ0n) is 16.3. The summed E-state index contributed by atoms with van der Waals surface area (Å²) in [4.78, 5) is 6.52. The molecule has 5 rings (SSSR count). The second kappa shape index (κ2) is 8.23. The fraction of sp³-hybridized carbons (Fsp3) is 0.100. The van der Waals surface area contributed by atoms with Crippen LogP contribution < -0.4 is 5.73 Å². The van der Waals surface area contributed by atoms with Gasteiger partial charge in [0.15, 0.2) is 5.13 Å². The predicted molar refractivity (Wildman–Crippen MR) is 113 cm³/mol. The molecule has 0 unspecified atom stereocenters. The molecule has 0 aliphatic rings. The summed E-state index contributed by atoms with van der Waals surface area (Å²) in [6, 6.07) is 14.8. The molecular formula is C20H14F2N8OS. The van der Waals surface area contributed by atoms with Crippen LogP contribution in [0.4, 0.5) is 13.9 Å². The lowest BCUT2D eigenvalue weighted by atomic mass is 10.1. The van der Waals surface area contributed by atoms with Crippen LogP contribution in [0.25, 0.3) is 33.3 Å². The number of aromatic nitrogens is 7. The maximum Gasteiger partial charge on any atom is 0.314 e. The molecule has 0 atom stereocenters. The van der Waals surface area contributed by atoms with E-state index in [4.69, 9.17) is 10.2 Å². The van der Waals surface area contributed by atoms with Crippen molar-refractivity contribution in [2.75, 3.05) is 5.73 Å². The van der Waals surface area contributed by atoms with Crippen molar-refractivity contribution in [2.24, 2.45) is 0 Å². The summed E-state index contributed by atoms with van der Waals surface area (Å²) in [6.07, 6.45) is -1.07. The van der Waals surface area contributed by atoms with Crippen LogP contribution in [0.15, 0.2) is 59.1 Å². The average molecular weight is 452 g/mol. The Morgan fingerprint density at radius 3 is 2.53 bits per heavy atom. The largest absolute Gasteiger partial charge is 0.415 e. The van der Waals surface area contributed by atoms with E-state index < -0.39 is 12.3 Å². The van der Waals surface area contributed by atoms with Crippen LogP contribution in [-0.4, -0.2) is 35.4 Å². The Bertz CT molecular complexity index is 1360. The molecule has 0 radical (unpaired) electrons. The van der Waals surface area contributed by atoms with E-state index in [1.807, 2.05) is 24.3 Å². The number of thiazole rings is 1. The Kier molecular flexibility index (Phi) is 5.11. The van der Waals surface area contributed by atoms with Crippen molar-refractivity contribution in [3.8, 4) is 33.3 Å². The maximum atomic E-state index is 12.6. The molecule has 3 heterocycles. The van der Waals surface area contributed by atoms with Crippen molar-refractivity contribution in [1.82, 2.24) is 35.4 Å². The highest BCUT2D eigenvalue weighted by Crippen LogP contribution is 2.29. The van der Waals surface area contributed by atoms with E-state index in [1.165, 1.54) is 16.1 Å². The Labute approximate surface area is 183 Å². The molecule has 2 N–H and O–H groups in total. The van der Waals surface area contributed by atoms with Gasteiger partial charge in [-0.15, -0.1) is 20.4 Å². The lowest BCUT2D eigenvalue weighted by Gasteiger charge is -2.01. The molecule has 0 saturated heterocycles. The number of nitrogens with zero attached hydrogens (tertiary/aromatic N) is 7. The van der Waals surface area contributed by atoms with E-state index in [9.17, 15) is 8.78 Å². The van der Waals surface area contributed by atoms with Crippen molar-refractivity contribution in [3.05, 3.63) is 66.2 Å². The molecule has 0 bridgehead atoms. The number of anilines is 1. The van der Waals surface area contributed by atoms with Crippen LogP contribution in [-0.2, 0) is 6.54 Å². The average Bonchev–Trinajstić information content (AvgIpc) is 3.55. The maximum absolute atomic E-state index is 12.6. The fourth-order valence-corrected chi connectivity index (χ4v) is 3.69. The van der Waals surface area contributed by atoms with Crippen molar-refractivity contribution >= 4 is 16.5 Å². The van der Waals surface area contributed by atoms with E-state index >= 15 is 0 Å². The summed E-state index contributed by atoms with van der Waals surface area (Å²) in [7, 11) is 0. The summed E-state index contributed by atoms with van der Waals surface area (Å²) in [5, 5.41) is 20.2. The number of benzene rings is 2. The normalized spacial score (nSPS) is 11.3. The summed E-state index contributed by atoms with van der Waals surface area (Å²) >= 11 is 1.41. The highest BCUT2D eigenvalue weighted by molar-refractivity contribution is 7.18. The van der Waals surface area contributed by atoms with Gasteiger partial charge in [-0.05, 0) is 34.5 Å². The second-order valence-corrected chi connectivity index (χ2v) is 7.79. The zero-order valence-corrected chi connectivity index (χ0v) is 17.1. The second-order valence-electron chi connectivity index (χ2n) is 6.73. The van der Waals surface area contributed by atoms with Crippen LogP contribution in [0, 0.1) is 0 Å². The third-order valence-corrected chi connectivity index (χ3v) is 5.41. The SMILES string of the molecule is Nc1ncc(-c2cccc(-c3nnn(Cc4ccc(-c5nnc(C(F)F)o5)cc4)n3)c2)s1. The standard InChI is InChI=1S/C20H14F2N8OS/c21-16(22)19-27-26-18(31-19)12-6-4-11(5-7-12)10-30-28-17(25-29-30)14-3-1-2-13(8-14)15-9-24-20(23)32-15/h1-9,16H,10H2,(H2,23,24). The van der Waals surface area contributed by atoms with E-state index in [2.05, 4.69) is 30.6 Å². The number of halogens is 2. The summed E-state index contributed by atoms with van der Waals surface area (Å²) in [6.45, 7) is 0.379. The molecule has 160 valence electrons. The first-order valence-corrected chi connectivity index (χ1v) is 10.2. The van der Waals surface area contributed by atoms with Gasteiger partial charge in [0, 0.05) is 17.3 Å². The predicted octanol–water partition coefficient (Wildman–Crippen LogP) is 4.08. The number of hydrogen-bond acceptors (Lipinski definition) is 9. The van der Waals surface area contributed by atoms with E-state index in [1.54, 1.807) is 30.5 Å². The molecule has 0 spiro atoms. The first-order valence-electron chi connectivity index (χ1n) is 9.36. The summed E-state index contributed by atoms with van der Waals surface area (Å²) in [5.74, 6) is -0.173. The number of nitrogens with two attached hydrogens (primary N) is 1. The van der Waals surface area contributed by atoms with Gasteiger partial charge in [0.05, 0.1) is 11.4 Å². The zero-order chi connectivity index (χ0) is 22.1. The van der Waals surface area contributed by atoms with Gasteiger partial charge in [0.25, 0.3) is 5.89 Å². The fourth-order valence-electron chi connectivity index (χ4n) is 3.01. The van der Waals surface area contributed by atoms with Crippen LogP contribution in [0.1, 0.15) is 17.9 Å². The van der Waals surface area contributed by atoms with Crippen molar-refractivity contribution in [1.29, 1.82) is 0 Å². The third-order valence-electron chi connectivity index (χ3n) is 4.53. The van der Waals surface area contributed by atoms with Gasteiger partial charge in [0.2, 0.25) is 11.7 Å². The van der Waals surface area contributed by atoms with Gasteiger partial charge in [-0.1, -0.05) is 41.7 Å². The van der Waals surface area contributed by atoms with E-state index in [0.717, 1.165) is 21.6 Å². The molecule has 9 nitrogen and oxygen atoms in total. The van der Waals surface area contributed by atoms with E-state index in [-0.39, 0.29) is 5.89 Å². The van der Waals surface area contributed by atoms with Gasteiger partial charge >= 0.3 is 6.43 Å². The molecule has 12 heteroatoms. The van der Waals surface area contributed by atoms with Crippen LogP contribution >= 0.6 is 11.3 Å². The first kappa shape index (κ1) is 19.9. The number of hydrogen-bond donors (Lipinski definition) is 1. The van der Waals surface area contributed by atoms with Crippen molar-refractivity contribution in [3.63, 3.8) is 0 Å². The minimum atomic E-state index is -2.80. The summed E-state index contributed by atoms with van der Waals surface area (Å²) in [5.41, 5.74) is 8.95. The van der Waals surface area contributed by atoms with Gasteiger partial charge in [-0.2, -0.15) is 13.6 Å². The molecule has 2 aromatic carbocycles. The summed E-state index contributed by atoms with van der Waals surface area (Å²) < 4.78 is 30.2. The molecule has 0 amide bonds. The van der Waals surface area contributed by atoms with Crippen molar-refractivity contribution in [2.45, 2.75) is 13.0 Å². The third kappa shape index (κ3) is 4.07. The Balaban J connectivity index is 1.31. The number of nitrogen functional groups attached to an aromatic ring is 1. The van der Waals surface area contributed by atoms with E-state index in [0.29, 0.717) is 23.1 Å². The van der Waals surface area contributed by atoms with Gasteiger partial charge in [0.1, 0.15) is 0 Å². The van der Waals surface area contributed by atoms with Gasteiger partial charge in [-0.3, -0.25) is 0 Å². The minimum absolute atomic E-state index is 0.0376. The van der Waals surface area contributed by atoms with Gasteiger partial charge in [-0.25, -0.2) is 4.98 Å². The van der Waals surface area contributed by atoms with Gasteiger partial charge < -0.3 is 10.2 Å². The number of rotatable bonds is 6. The van der Waals surface area contributed by atoms with Crippen LogP contribution in [0.2, 0.25) is 0 Å². The smallest absolute Gasteiger partial charge is 0.314 e. The molecule has 32 heavy (non-hydrogen) atoms. The Morgan fingerprint density at radius 1 is 1.00 bits per heavy atom. The Hall–Kier alpha value is -4.06. The molecule has 5 aromatic rings. The monoisotopic (exact) mass is 452 g/mol. The molecule has 0 aliphatic carbocycles. The molecule has 0 fully saturated rings. The highest BCUT2D eigenvalue weighted by Gasteiger charge is 2.17. The quantitative estimate of drug-likeness (QED) is 0.409. The number of tetrazole rings is 1.